The normalized spacial score (nSPS) is 14.4. The molecular formula is C15H22N2O2. The van der Waals surface area contributed by atoms with Crippen LogP contribution < -0.4 is 5.73 Å². The molecule has 1 fully saturated rings. The van der Waals surface area contributed by atoms with Gasteiger partial charge in [0, 0.05) is 31.5 Å². The molecule has 1 aliphatic rings. The Balaban J connectivity index is 1.82. The van der Waals surface area contributed by atoms with Gasteiger partial charge in [0.15, 0.2) is 0 Å². The summed E-state index contributed by atoms with van der Waals surface area (Å²) in [7, 11) is 1.79. The molecule has 2 rings (SSSR count). The molecule has 0 unspecified atom stereocenters. The zero-order valence-electron chi connectivity index (χ0n) is 11.7. The van der Waals surface area contributed by atoms with Gasteiger partial charge in [-0.1, -0.05) is 0 Å². The molecule has 104 valence electrons. The molecule has 0 atom stereocenters. The van der Waals surface area contributed by atoms with Crippen molar-refractivity contribution in [3.63, 3.8) is 0 Å². The number of nitrogens with zero attached hydrogens (tertiary/aromatic N) is 1. The summed E-state index contributed by atoms with van der Waals surface area (Å²) in [5.41, 5.74) is 8.03. The quantitative estimate of drug-likeness (QED) is 0.631. The molecule has 1 aromatic rings. The topological polar surface area (TPSA) is 55.6 Å². The summed E-state index contributed by atoms with van der Waals surface area (Å²) in [6, 6.07) is 5.44. The highest BCUT2D eigenvalue weighted by molar-refractivity contribution is 5.95. The first-order valence-corrected chi connectivity index (χ1v) is 6.76. The van der Waals surface area contributed by atoms with Crippen LogP contribution in [0.15, 0.2) is 18.2 Å². The minimum Gasteiger partial charge on any atom is -0.399 e. The van der Waals surface area contributed by atoms with Crippen molar-refractivity contribution in [3.05, 3.63) is 29.3 Å². The Hall–Kier alpha value is -1.55. The molecule has 1 saturated carbocycles. The van der Waals surface area contributed by atoms with Crippen molar-refractivity contribution in [2.24, 2.45) is 5.92 Å². The maximum Gasteiger partial charge on any atom is 0.253 e. The van der Waals surface area contributed by atoms with Crippen molar-refractivity contribution in [1.82, 2.24) is 4.90 Å². The van der Waals surface area contributed by atoms with Gasteiger partial charge < -0.3 is 15.4 Å². The number of hydrogen-bond acceptors (Lipinski definition) is 3. The van der Waals surface area contributed by atoms with Crippen LogP contribution in [0.25, 0.3) is 0 Å². The number of nitrogens with two attached hydrogens (primary N) is 1. The zero-order valence-corrected chi connectivity index (χ0v) is 11.7. The van der Waals surface area contributed by atoms with Gasteiger partial charge in [0.1, 0.15) is 0 Å². The van der Waals surface area contributed by atoms with Crippen molar-refractivity contribution in [1.29, 1.82) is 0 Å². The van der Waals surface area contributed by atoms with Gasteiger partial charge in [-0.2, -0.15) is 0 Å². The lowest BCUT2D eigenvalue weighted by Gasteiger charge is -2.17. The van der Waals surface area contributed by atoms with Crippen LogP contribution in [0.1, 0.15) is 28.8 Å². The molecule has 0 aliphatic heterocycles. The molecule has 1 aliphatic carbocycles. The molecule has 4 nitrogen and oxygen atoms in total. The van der Waals surface area contributed by atoms with Gasteiger partial charge in [-0.3, -0.25) is 4.79 Å². The molecule has 0 aromatic heterocycles. The predicted molar refractivity (Wildman–Crippen MR) is 76.1 cm³/mol. The molecule has 0 spiro atoms. The average molecular weight is 262 g/mol. The Labute approximate surface area is 114 Å². The van der Waals surface area contributed by atoms with Crippen LogP contribution in [0, 0.1) is 12.8 Å². The second-order valence-corrected chi connectivity index (χ2v) is 5.38. The van der Waals surface area contributed by atoms with Gasteiger partial charge in [-0.05, 0) is 49.4 Å². The van der Waals surface area contributed by atoms with Crippen LogP contribution in [0.3, 0.4) is 0 Å². The van der Waals surface area contributed by atoms with Gasteiger partial charge in [-0.15, -0.1) is 0 Å². The number of rotatable bonds is 6. The lowest BCUT2D eigenvalue weighted by Crippen LogP contribution is -2.30. The van der Waals surface area contributed by atoms with E-state index in [-0.39, 0.29) is 5.91 Å². The maximum atomic E-state index is 12.2. The van der Waals surface area contributed by atoms with E-state index >= 15 is 0 Å². The standard InChI is InChI=1S/C15H22N2O2/c1-11-7-13(9-14(16)8-11)15(18)17(2)5-6-19-10-12-3-4-12/h7-9,12H,3-6,10,16H2,1-2H3. The highest BCUT2D eigenvalue weighted by atomic mass is 16.5. The van der Waals surface area contributed by atoms with Crippen LogP contribution in [0.5, 0.6) is 0 Å². The van der Waals surface area contributed by atoms with E-state index in [1.54, 1.807) is 18.0 Å². The Morgan fingerprint density at radius 1 is 1.42 bits per heavy atom. The highest BCUT2D eigenvalue weighted by Gasteiger charge is 2.21. The Morgan fingerprint density at radius 3 is 2.79 bits per heavy atom. The summed E-state index contributed by atoms with van der Waals surface area (Å²) in [5.74, 6) is 0.753. The summed E-state index contributed by atoms with van der Waals surface area (Å²) in [6.45, 7) is 3.98. The Kier molecular flexibility index (Phi) is 4.43. The highest BCUT2D eigenvalue weighted by Crippen LogP contribution is 2.28. The van der Waals surface area contributed by atoms with E-state index in [2.05, 4.69) is 0 Å². The zero-order chi connectivity index (χ0) is 13.8. The number of aryl methyl sites for hydroxylation is 1. The molecule has 0 radical (unpaired) electrons. The second kappa shape index (κ2) is 6.06. The number of anilines is 1. The molecule has 2 N–H and O–H groups in total. The summed E-state index contributed by atoms with van der Waals surface area (Å²) in [6.07, 6.45) is 2.58. The molecular weight excluding hydrogens is 240 g/mol. The fourth-order valence-corrected chi connectivity index (χ4v) is 1.99. The first-order chi connectivity index (χ1) is 9.06. The number of hydrogen-bond donors (Lipinski definition) is 1. The number of nitrogen functional groups attached to an aromatic ring is 1. The fraction of sp³-hybridized carbons (Fsp3) is 0.533. The minimum atomic E-state index is -0.00887. The largest absolute Gasteiger partial charge is 0.399 e. The fourth-order valence-electron chi connectivity index (χ4n) is 1.99. The van der Waals surface area contributed by atoms with Gasteiger partial charge in [0.05, 0.1) is 6.61 Å². The van der Waals surface area contributed by atoms with E-state index in [1.165, 1.54) is 12.8 Å². The summed E-state index contributed by atoms with van der Waals surface area (Å²) >= 11 is 0. The van der Waals surface area contributed by atoms with Gasteiger partial charge >= 0.3 is 0 Å². The second-order valence-electron chi connectivity index (χ2n) is 5.38. The van der Waals surface area contributed by atoms with Gasteiger partial charge in [-0.25, -0.2) is 0 Å². The predicted octanol–water partition coefficient (Wildman–Crippen LogP) is 2.08. The molecule has 0 bridgehead atoms. The van der Waals surface area contributed by atoms with Crippen molar-refractivity contribution in [2.45, 2.75) is 19.8 Å². The summed E-state index contributed by atoms with van der Waals surface area (Å²) < 4.78 is 5.54. The van der Waals surface area contributed by atoms with E-state index in [1.807, 2.05) is 19.1 Å². The van der Waals surface area contributed by atoms with Crippen molar-refractivity contribution < 1.29 is 9.53 Å². The van der Waals surface area contributed by atoms with Crippen LogP contribution in [-0.4, -0.2) is 37.6 Å². The number of likely N-dealkylation sites (N-methyl/N-ethyl adjacent to an activating group) is 1. The number of ether oxygens (including phenoxy) is 1. The van der Waals surface area contributed by atoms with Crippen LogP contribution in [-0.2, 0) is 4.74 Å². The first kappa shape index (κ1) is 13.9. The van der Waals surface area contributed by atoms with Gasteiger partial charge in [0.25, 0.3) is 5.91 Å². The van der Waals surface area contributed by atoms with Crippen LogP contribution in [0.4, 0.5) is 5.69 Å². The summed E-state index contributed by atoms with van der Waals surface area (Å²) in [5, 5.41) is 0. The van der Waals surface area contributed by atoms with E-state index in [0.717, 1.165) is 18.1 Å². The van der Waals surface area contributed by atoms with Crippen molar-refractivity contribution >= 4 is 11.6 Å². The monoisotopic (exact) mass is 262 g/mol. The average Bonchev–Trinajstić information content (AvgIpc) is 3.16. The maximum absolute atomic E-state index is 12.2. The van der Waals surface area contributed by atoms with E-state index < -0.39 is 0 Å². The van der Waals surface area contributed by atoms with Crippen molar-refractivity contribution in [2.75, 3.05) is 32.5 Å². The van der Waals surface area contributed by atoms with E-state index in [4.69, 9.17) is 10.5 Å². The van der Waals surface area contributed by atoms with Crippen molar-refractivity contribution in [3.8, 4) is 0 Å². The third-order valence-electron chi connectivity index (χ3n) is 3.31. The molecule has 0 saturated heterocycles. The van der Waals surface area contributed by atoms with Gasteiger partial charge in [0.2, 0.25) is 0 Å². The SMILES string of the molecule is Cc1cc(N)cc(C(=O)N(C)CCOCC2CC2)c1. The lowest BCUT2D eigenvalue weighted by molar-refractivity contribution is 0.0681. The van der Waals surface area contributed by atoms with E-state index in [9.17, 15) is 4.79 Å². The molecule has 0 heterocycles. The van der Waals surface area contributed by atoms with Crippen LogP contribution >= 0.6 is 0 Å². The molecule has 4 heteroatoms. The third-order valence-corrected chi connectivity index (χ3v) is 3.31. The lowest BCUT2D eigenvalue weighted by atomic mass is 10.1. The first-order valence-electron chi connectivity index (χ1n) is 6.76. The Morgan fingerprint density at radius 2 is 2.16 bits per heavy atom. The minimum absolute atomic E-state index is 0.00887. The summed E-state index contributed by atoms with van der Waals surface area (Å²) in [4.78, 5) is 13.9. The smallest absolute Gasteiger partial charge is 0.253 e. The number of carbonyl (C=O) groups excluding carboxylic acids is 1. The van der Waals surface area contributed by atoms with E-state index in [0.29, 0.717) is 24.4 Å². The Bertz CT molecular complexity index is 435. The van der Waals surface area contributed by atoms with Crippen LogP contribution in [0.2, 0.25) is 0 Å². The number of amides is 1. The molecule has 19 heavy (non-hydrogen) atoms. The number of carbonyl (C=O) groups is 1. The third kappa shape index (κ3) is 4.24. The molecule has 1 amide bonds. The molecule has 1 aromatic carbocycles. The number of benzene rings is 1.